The van der Waals surface area contributed by atoms with E-state index in [2.05, 4.69) is 11.8 Å². The maximum absolute atomic E-state index is 10.9. The Labute approximate surface area is 84.8 Å². The predicted molar refractivity (Wildman–Crippen MR) is 53.3 cm³/mol. The van der Waals surface area contributed by atoms with Crippen LogP contribution in [0, 0.1) is 36.5 Å². The van der Waals surface area contributed by atoms with Gasteiger partial charge in [-0.25, -0.2) is 4.79 Å². The number of terminal acetylenes is 2. The van der Waals surface area contributed by atoms with Crippen LogP contribution in [0.4, 0.5) is 4.79 Å². The van der Waals surface area contributed by atoms with E-state index in [1.54, 1.807) is 13.8 Å². The van der Waals surface area contributed by atoms with E-state index < -0.39 is 6.16 Å². The molecule has 0 saturated carbocycles. The van der Waals surface area contributed by atoms with E-state index in [1.807, 2.05) is 0 Å². The first-order valence-electron chi connectivity index (χ1n) is 4.32. The van der Waals surface area contributed by atoms with Gasteiger partial charge >= 0.3 is 6.16 Å². The zero-order chi connectivity index (χ0) is 11.0. The largest absolute Gasteiger partial charge is 0.508 e. The molecule has 0 N–H and O–H groups in total. The molecule has 0 aromatic heterocycles. The molecule has 0 radical (unpaired) electrons. The van der Waals surface area contributed by atoms with E-state index in [0.717, 1.165) is 0 Å². The molecule has 0 amide bonds. The van der Waals surface area contributed by atoms with Gasteiger partial charge in [-0.05, 0) is 13.8 Å². The van der Waals surface area contributed by atoms with Crippen LogP contribution < -0.4 is 0 Å². The van der Waals surface area contributed by atoms with Gasteiger partial charge in [-0.2, -0.15) is 0 Å². The van der Waals surface area contributed by atoms with Crippen molar-refractivity contribution in [2.24, 2.45) is 11.8 Å². The molecule has 3 heteroatoms. The van der Waals surface area contributed by atoms with Crippen LogP contribution in [0.15, 0.2) is 0 Å². The summed E-state index contributed by atoms with van der Waals surface area (Å²) in [5.74, 6) is 4.65. The van der Waals surface area contributed by atoms with Gasteiger partial charge in [-0.1, -0.05) is 0 Å². The first kappa shape index (κ1) is 12.4. The highest BCUT2D eigenvalue weighted by molar-refractivity contribution is 5.59. The normalized spacial score (nSPS) is 13.1. The van der Waals surface area contributed by atoms with Crippen LogP contribution in [-0.2, 0) is 9.47 Å². The fraction of sp³-hybridized carbons (Fsp3) is 0.545. The van der Waals surface area contributed by atoms with Gasteiger partial charge in [-0.3, -0.25) is 0 Å². The minimum atomic E-state index is -0.728. The Kier molecular flexibility index (Phi) is 6.07. The molecule has 2 atom stereocenters. The summed E-state index contributed by atoms with van der Waals surface area (Å²) < 4.78 is 9.43. The molecular formula is C11H14O3. The Morgan fingerprint density at radius 2 is 1.50 bits per heavy atom. The zero-order valence-corrected chi connectivity index (χ0v) is 8.45. The van der Waals surface area contributed by atoms with Crippen molar-refractivity contribution in [1.29, 1.82) is 0 Å². The number of rotatable bonds is 4. The summed E-state index contributed by atoms with van der Waals surface area (Å²) >= 11 is 0. The van der Waals surface area contributed by atoms with Gasteiger partial charge in [0.2, 0.25) is 0 Å². The van der Waals surface area contributed by atoms with E-state index in [1.165, 1.54) is 0 Å². The average Bonchev–Trinajstić information content (AvgIpc) is 2.22. The van der Waals surface area contributed by atoms with Crippen LogP contribution in [-0.4, -0.2) is 19.4 Å². The monoisotopic (exact) mass is 194 g/mol. The maximum Gasteiger partial charge on any atom is 0.508 e. The smallest absolute Gasteiger partial charge is 0.433 e. The van der Waals surface area contributed by atoms with Gasteiger partial charge in [-0.15, -0.1) is 24.7 Å². The van der Waals surface area contributed by atoms with E-state index in [-0.39, 0.29) is 25.0 Å². The summed E-state index contributed by atoms with van der Waals surface area (Å²) in [5, 5.41) is 0. The molecule has 0 bridgehead atoms. The van der Waals surface area contributed by atoms with E-state index >= 15 is 0 Å². The third kappa shape index (κ3) is 5.97. The van der Waals surface area contributed by atoms with Crippen molar-refractivity contribution < 1.29 is 14.3 Å². The Hall–Kier alpha value is -1.61. The molecule has 3 nitrogen and oxygen atoms in total. The Morgan fingerprint density at radius 1 is 1.14 bits per heavy atom. The summed E-state index contributed by atoms with van der Waals surface area (Å²) in [6, 6.07) is 0. The van der Waals surface area contributed by atoms with Crippen molar-refractivity contribution >= 4 is 6.16 Å². The third-order valence-corrected chi connectivity index (χ3v) is 1.47. The SMILES string of the molecule is C#CC(C)COC(=O)OCC(C)C#C. The molecular weight excluding hydrogens is 180 g/mol. The van der Waals surface area contributed by atoms with E-state index in [4.69, 9.17) is 22.3 Å². The molecule has 0 saturated heterocycles. The maximum atomic E-state index is 10.9. The van der Waals surface area contributed by atoms with Gasteiger partial charge in [0, 0.05) is 0 Å². The molecule has 0 aromatic carbocycles. The molecule has 76 valence electrons. The van der Waals surface area contributed by atoms with Crippen molar-refractivity contribution in [3.8, 4) is 24.7 Å². The number of hydrogen-bond acceptors (Lipinski definition) is 3. The van der Waals surface area contributed by atoms with Gasteiger partial charge in [0.15, 0.2) is 0 Å². The minimum absolute atomic E-state index is 0.104. The second-order valence-corrected chi connectivity index (χ2v) is 3.01. The van der Waals surface area contributed by atoms with Gasteiger partial charge in [0.05, 0.1) is 11.8 Å². The molecule has 0 heterocycles. The van der Waals surface area contributed by atoms with Gasteiger partial charge in [0.1, 0.15) is 13.2 Å². The van der Waals surface area contributed by atoms with Crippen LogP contribution in [0.1, 0.15) is 13.8 Å². The van der Waals surface area contributed by atoms with Gasteiger partial charge < -0.3 is 9.47 Å². The zero-order valence-electron chi connectivity index (χ0n) is 8.45. The second-order valence-electron chi connectivity index (χ2n) is 3.01. The molecule has 0 aliphatic carbocycles. The molecule has 2 unspecified atom stereocenters. The summed E-state index contributed by atoms with van der Waals surface area (Å²) in [6.07, 6.45) is 9.46. The van der Waals surface area contributed by atoms with Crippen molar-refractivity contribution in [3.63, 3.8) is 0 Å². The van der Waals surface area contributed by atoms with Crippen LogP contribution in [0.3, 0.4) is 0 Å². The summed E-state index contributed by atoms with van der Waals surface area (Å²) in [5.41, 5.74) is 0. The number of ether oxygens (including phenoxy) is 2. The quantitative estimate of drug-likeness (QED) is 0.504. The average molecular weight is 194 g/mol. The molecule has 0 aromatic rings. The lowest BCUT2D eigenvalue weighted by atomic mass is 10.2. The van der Waals surface area contributed by atoms with E-state index in [9.17, 15) is 4.79 Å². The van der Waals surface area contributed by atoms with Crippen LogP contribution in [0.2, 0.25) is 0 Å². The first-order chi connectivity index (χ1) is 6.60. The lowest BCUT2D eigenvalue weighted by molar-refractivity contribution is 0.0459. The summed E-state index contributed by atoms with van der Waals surface area (Å²) in [7, 11) is 0. The van der Waals surface area contributed by atoms with Crippen LogP contribution in [0.25, 0.3) is 0 Å². The highest BCUT2D eigenvalue weighted by atomic mass is 16.7. The lowest BCUT2D eigenvalue weighted by Gasteiger charge is -2.08. The summed E-state index contributed by atoms with van der Waals surface area (Å²) in [6.45, 7) is 3.88. The van der Waals surface area contributed by atoms with Crippen molar-refractivity contribution in [3.05, 3.63) is 0 Å². The number of carbonyl (C=O) groups is 1. The fourth-order valence-corrected chi connectivity index (χ4v) is 0.524. The number of hydrogen-bond donors (Lipinski definition) is 0. The summed E-state index contributed by atoms with van der Waals surface area (Å²) in [4.78, 5) is 10.9. The molecule has 0 rings (SSSR count). The minimum Gasteiger partial charge on any atom is -0.433 e. The Bertz CT molecular complexity index is 231. The predicted octanol–water partition coefficient (Wildman–Crippen LogP) is 1.68. The van der Waals surface area contributed by atoms with E-state index in [0.29, 0.717) is 0 Å². The number of carbonyl (C=O) groups excluding carboxylic acids is 1. The lowest BCUT2D eigenvalue weighted by Crippen LogP contribution is -2.15. The molecule has 0 fully saturated rings. The molecule has 0 aliphatic heterocycles. The highest BCUT2D eigenvalue weighted by Gasteiger charge is 2.07. The third-order valence-electron chi connectivity index (χ3n) is 1.47. The second kappa shape index (κ2) is 6.86. The Balaban J connectivity index is 3.58. The first-order valence-corrected chi connectivity index (χ1v) is 4.32. The topological polar surface area (TPSA) is 35.5 Å². The van der Waals surface area contributed by atoms with Crippen LogP contribution >= 0.6 is 0 Å². The van der Waals surface area contributed by atoms with Crippen molar-refractivity contribution in [2.45, 2.75) is 13.8 Å². The Morgan fingerprint density at radius 3 is 1.79 bits per heavy atom. The van der Waals surface area contributed by atoms with Crippen molar-refractivity contribution in [2.75, 3.05) is 13.2 Å². The van der Waals surface area contributed by atoms with Gasteiger partial charge in [0.25, 0.3) is 0 Å². The molecule has 0 spiro atoms. The van der Waals surface area contributed by atoms with Crippen LogP contribution in [0.5, 0.6) is 0 Å². The fourth-order valence-electron chi connectivity index (χ4n) is 0.524. The molecule has 0 aliphatic rings. The highest BCUT2D eigenvalue weighted by Crippen LogP contribution is 1.98. The standard InChI is InChI=1S/C11H14O3/c1-5-9(3)7-13-11(12)14-8-10(4)6-2/h1-2,9-10H,7-8H2,3-4H3. The molecule has 14 heavy (non-hydrogen) atoms. The van der Waals surface area contributed by atoms with Crippen molar-refractivity contribution in [1.82, 2.24) is 0 Å².